The van der Waals surface area contributed by atoms with E-state index in [1.54, 1.807) is 0 Å². The maximum Gasteiger partial charge on any atom is -0.00204 e. The molecule has 0 saturated heterocycles. The highest BCUT2D eigenvalue weighted by Crippen LogP contribution is 2.45. The van der Waals surface area contributed by atoms with Crippen molar-refractivity contribution in [3.63, 3.8) is 0 Å². The fourth-order valence-electron chi connectivity index (χ4n) is 10.4. The van der Waals surface area contributed by atoms with Gasteiger partial charge in [-0.15, -0.1) is 0 Å². The smallest absolute Gasteiger partial charge is 0.00204 e. The van der Waals surface area contributed by atoms with Gasteiger partial charge in [0.15, 0.2) is 0 Å². The minimum atomic E-state index is 1.19. The number of benzene rings is 12. The van der Waals surface area contributed by atoms with Crippen molar-refractivity contribution < 1.29 is 0 Å². The summed E-state index contributed by atoms with van der Waals surface area (Å²) in [6.45, 7) is 0. The van der Waals surface area contributed by atoms with Crippen LogP contribution in [0.1, 0.15) is 44.5 Å². The summed E-state index contributed by atoms with van der Waals surface area (Å²) >= 11 is 0. The Bertz CT molecular complexity index is 3330. The van der Waals surface area contributed by atoms with Crippen molar-refractivity contribution in [2.24, 2.45) is 0 Å². The second-order valence-corrected chi connectivity index (χ2v) is 18.6. The molecule has 0 aromatic heterocycles. The third-order valence-corrected chi connectivity index (χ3v) is 13.9. The van der Waals surface area contributed by atoms with Crippen molar-refractivity contribution in [1.82, 2.24) is 0 Å². The van der Waals surface area contributed by atoms with Gasteiger partial charge in [-0.25, -0.2) is 0 Å². The fraction of sp³-hybridized carbons (Fsp3) is 0. The van der Waals surface area contributed by atoms with E-state index in [0.717, 1.165) is 0 Å². The van der Waals surface area contributed by atoms with Gasteiger partial charge in [0.2, 0.25) is 0 Å². The van der Waals surface area contributed by atoms with Crippen LogP contribution in [0.15, 0.2) is 340 Å². The summed E-state index contributed by atoms with van der Waals surface area (Å²) in [5, 5.41) is 0. The van der Waals surface area contributed by atoms with Gasteiger partial charge in [-0.05, 0) is 111 Å². The Morgan fingerprint density at radius 3 is 0.461 bits per heavy atom. The monoisotopic (exact) mass is 968 g/mol. The van der Waals surface area contributed by atoms with Crippen molar-refractivity contribution in [2.45, 2.75) is 0 Å². The third-order valence-electron chi connectivity index (χ3n) is 13.9. The van der Waals surface area contributed by atoms with Crippen molar-refractivity contribution in [3.8, 4) is 44.5 Å². The molecule has 0 atom stereocenters. The molecule has 0 aliphatic rings. The lowest BCUT2D eigenvalue weighted by atomic mass is 9.81. The van der Waals surface area contributed by atoms with Gasteiger partial charge in [0.1, 0.15) is 0 Å². The van der Waals surface area contributed by atoms with Crippen LogP contribution in [-0.4, -0.2) is 0 Å². The Morgan fingerprint density at radius 1 is 0.132 bits per heavy atom. The zero-order chi connectivity index (χ0) is 51.1. The molecular formula is C76H56. The Balaban J connectivity index is 0.000000162. The second kappa shape index (κ2) is 23.8. The van der Waals surface area contributed by atoms with Gasteiger partial charge in [0.25, 0.3) is 0 Å². The van der Waals surface area contributed by atoms with Gasteiger partial charge in [-0.2, -0.15) is 0 Å². The first-order valence-electron chi connectivity index (χ1n) is 26.1. The Morgan fingerprint density at radius 2 is 0.276 bits per heavy atom. The number of rotatable bonds is 12. The third kappa shape index (κ3) is 10.8. The molecule has 0 spiro atoms. The zero-order valence-electron chi connectivity index (χ0n) is 42.3. The van der Waals surface area contributed by atoms with Crippen LogP contribution < -0.4 is 0 Å². The summed E-state index contributed by atoms with van der Waals surface area (Å²) in [7, 11) is 0. The highest BCUT2D eigenvalue weighted by Gasteiger charge is 2.23. The van der Waals surface area contributed by atoms with E-state index in [1.165, 1.54) is 111 Å². The first kappa shape index (κ1) is 48.4. The molecule has 0 aliphatic heterocycles. The van der Waals surface area contributed by atoms with Crippen LogP contribution in [0.25, 0.3) is 66.8 Å². The number of hydrogen-bond donors (Lipinski definition) is 0. The summed E-state index contributed by atoms with van der Waals surface area (Å²) in [6.07, 6.45) is 0. The molecule has 12 aromatic carbocycles. The summed E-state index contributed by atoms with van der Waals surface area (Å²) in [5.74, 6) is 0. The average Bonchev–Trinajstić information content (AvgIpc) is 3.53. The molecule has 0 heteroatoms. The maximum atomic E-state index is 2.26. The van der Waals surface area contributed by atoms with Crippen molar-refractivity contribution >= 4 is 22.3 Å². The van der Waals surface area contributed by atoms with Crippen LogP contribution in [-0.2, 0) is 0 Å². The predicted molar refractivity (Wildman–Crippen MR) is 323 cm³/mol. The quantitative estimate of drug-likeness (QED) is 0.107. The molecule has 12 aromatic rings. The molecule has 0 unspecified atom stereocenters. The second-order valence-electron chi connectivity index (χ2n) is 18.6. The molecular weight excluding hydrogens is 913 g/mol. The topological polar surface area (TPSA) is 0 Å². The van der Waals surface area contributed by atoms with E-state index in [2.05, 4.69) is 340 Å². The lowest BCUT2D eigenvalue weighted by molar-refractivity contribution is 1.49. The largest absolute Gasteiger partial charge is 0.0622 e. The molecule has 0 heterocycles. The zero-order valence-corrected chi connectivity index (χ0v) is 42.3. The summed E-state index contributed by atoms with van der Waals surface area (Å²) < 4.78 is 0. The van der Waals surface area contributed by atoms with E-state index in [0.29, 0.717) is 0 Å². The molecule has 12 rings (SSSR count). The van der Waals surface area contributed by atoms with E-state index in [4.69, 9.17) is 0 Å². The van der Waals surface area contributed by atoms with Gasteiger partial charge < -0.3 is 0 Å². The summed E-state index contributed by atoms with van der Waals surface area (Å²) in [4.78, 5) is 0. The van der Waals surface area contributed by atoms with Crippen LogP contribution in [0.2, 0.25) is 0 Å². The SMILES string of the molecule is c1ccc(/C(=C(\c2ccccc2)c2ccccc2-c2ccccc2)c2ccccc2-c2ccccc2)cc1.c1ccc(/C(=C(\c2ccccc2)c2ccccc2-c2ccccc2)c2ccccc2-c2ccccc2)cc1. The van der Waals surface area contributed by atoms with E-state index in [9.17, 15) is 0 Å². The summed E-state index contributed by atoms with van der Waals surface area (Å²) in [6, 6.07) is 121. The standard InChI is InChI=1S/2C38H28/c2*1-5-17-29(18-6-1)33-25-13-15-27-35(33)37(31-21-9-3-10-22-31)38(32-23-11-4-12-24-32)36-28-16-14-26-34(36)30-19-7-2-8-20-30/h2*1-28H/b2*38-37-. The molecule has 76 heavy (non-hydrogen) atoms. The van der Waals surface area contributed by atoms with Gasteiger partial charge in [0.05, 0.1) is 0 Å². The molecule has 0 radical (unpaired) electrons. The molecule has 360 valence electrons. The minimum Gasteiger partial charge on any atom is -0.0622 e. The molecule has 0 N–H and O–H groups in total. The van der Waals surface area contributed by atoms with Crippen molar-refractivity contribution in [1.29, 1.82) is 0 Å². The lowest BCUT2D eigenvalue weighted by Crippen LogP contribution is -2.00. The van der Waals surface area contributed by atoms with Crippen molar-refractivity contribution in [3.05, 3.63) is 384 Å². The van der Waals surface area contributed by atoms with E-state index < -0.39 is 0 Å². The lowest BCUT2D eigenvalue weighted by Gasteiger charge is -2.22. The normalized spacial score (nSPS) is 11.6. The Labute approximate surface area is 448 Å². The van der Waals surface area contributed by atoms with E-state index in [1.807, 2.05) is 0 Å². The molecule has 0 saturated carbocycles. The molecule has 0 aliphatic carbocycles. The number of hydrogen-bond acceptors (Lipinski definition) is 0. The van der Waals surface area contributed by atoms with Gasteiger partial charge >= 0.3 is 0 Å². The van der Waals surface area contributed by atoms with Gasteiger partial charge in [0, 0.05) is 0 Å². The molecule has 0 amide bonds. The first-order valence-corrected chi connectivity index (χ1v) is 26.1. The highest BCUT2D eigenvalue weighted by molar-refractivity contribution is 6.10. The first-order chi connectivity index (χ1) is 37.8. The fourth-order valence-corrected chi connectivity index (χ4v) is 10.4. The Hall–Kier alpha value is -9.88. The minimum absolute atomic E-state index is 1.19. The molecule has 0 bridgehead atoms. The maximum absolute atomic E-state index is 2.26. The summed E-state index contributed by atoms with van der Waals surface area (Å²) in [5.41, 5.74) is 24.2. The van der Waals surface area contributed by atoms with Crippen LogP contribution in [0, 0.1) is 0 Å². The van der Waals surface area contributed by atoms with E-state index >= 15 is 0 Å². The van der Waals surface area contributed by atoms with Crippen molar-refractivity contribution in [2.75, 3.05) is 0 Å². The van der Waals surface area contributed by atoms with Gasteiger partial charge in [-0.1, -0.05) is 340 Å². The van der Waals surface area contributed by atoms with Crippen LogP contribution >= 0.6 is 0 Å². The van der Waals surface area contributed by atoms with Crippen LogP contribution in [0.5, 0.6) is 0 Å². The van der Waals surface area contributed by atoms with Crippen LogP contribution in [0.4, 0.5) is 0 Å². The molecule has 0 nitrogen and oxygen atoms in total. The van der Waals surface area contributed by atoms with Crippen LogP contribution in [0.3, 0.4) is 0 Å². The predicted octanol–water partition coefficient (Wildman–Crippen LogP) is 20.1. The van der Waals surface area contributed by atoms with E-state index in [-0.39, 0.29) is 0 Å². The Kier molecular flexibility index (Phi) is 15.1. The van der Waals surface area contributed by atoms with Gasteiger partial charge in [-0.3, -0.25) is 0 Å². The average molecular weight is 969 g/mol. The highest BCUT2D eigenvalue weighted by atomic mass is 14.3. The molecule has 0 fully saturated rings.